The highest BCUT2D eigenvalue weighted by molar-refractivity contribution is 7.92. The monoisotopic (exact) mass is 552 g/mol. The summed E-state index contributed by atoms with van der Waals surface area (Å²) in [6.07, 6.45) is 2.59. The predicted octanol–water partition coefficient (Wildman–Crippen LogP) is 4.72. The molecule has 1 atom stereocenters. The van der Waals surface area contributed by atoms with E-state index in [1.807, 2.05) is 49.4 Å². The van der Waals surface area contributed by atoms with Gasteiger partial charge in [-0.05, 0) is 36.6 Å². The van der Waals surface area contributed by atoms with E-state index in [-0.39, 0.29) is 15.8 Å². The minimum atomic E-state index is -3.47. The molecule has 0 aliphatic rings. The number of halogens is 1. The summed E-state index contributed by atoms with van der Waals surface area (Å²) in [5, 5.41) is 6.44. The lowest BCUT2D eigenvalue weighted by molar-refractivity contribution is 0.601. The van der Waals surface area contributed by atoms with Gasteiger partial charge in [-0.25, -0.2) is 18.4 Å². The van der Waals surface area contributed by atoms with E-state index in [1.54, 1.807) is 22.1 Å². The third-order valence-electron chi connectivity index (χ3n) is 5.72. The first-order valence-corrected chi connectivity index (χ1v) is 14.2. The number of sulfone groups is 1. The molecule has 188 valence electrons. The van der Waals surface area contributed by atoms with Crippen molar-refractivity contribution in [1.82, 2.24) is 19.5 Å². The first kappa shape index (κ1) is 24.9. The van der Waals surface area contributed by atoms with E-state index in [0.29, 0.717) is 44.3 Å². The normalized spacial score (nSPS) is 12.5. The Kier molecular flexibility index (Phi) is 6.44. The second-order valence-electron chi connectivity index (χ2n) is 8.38. The van der Waals surface area contributed by atoms with Gasteiger partial charge in [-0.2, -0.15) is 4.98 Å². The number of thiazole rings is 1. The maximum atomic E-state index is 13.7. The molecule has 3 aromatic heterocycles. The van der Waals surface area contributed by atoms with Gasteiger partial charge >= 0.3 is 0 Å². The van der Waals surface area contributed by atoms with Gasteiger partial charge in [-0.3, -0.25) is 9.36 Å². The SMILES string of the molecule is CC(Nc1nc(N)ncc1-c1csc(S(C)(=O)=O)n1)c1cc2cccc(Cl)c2c(=O)n1-c1ccccc1. The molecule has 5 aromatic rings. The van der Waals surface area contributed by atoms with Crippen molar-refractivity contribution in [2.75, 3.05) is 17.3 Å². The number of nitrogen functional groups attached to an aromatic ring is 1. The molecule has 5 rings (SSSR count). The summed E-state index contributed by atoms with van der Waals surface area (Å²) in [7, 11) is -3.47. The van der Waals surface area contributed by atoms with Crippen LogP contribution in [0.5, 0.6) is 0 Å². The smallest absolute Gasteiger partial charge is 0.264 e. The lowest BCUT2D eigenvalue weighted by Gasteiger charge is -2.22. The number of fused-ring (bicyclic) bond motifs is 1. The molecule has 3 heterocycles. The predicted molar refractivity (Wildman–Crippen MR) is 147 cm³/mol. The van der Waals surface area contributed by atoms with Gasteiger partial charge in [-0.15, -0.1) is 11.3 Å². The van der Waals surface area contributed by atoms with Crippen molar-refractivity contribution in [3.63, 3.8) is 0 Å². The van der Waals surface area contributed by atoms with E-state index in [4.69, 9.17) is 17.3 Å². The zero-order chi connectivity index (χ0) is 26.3. The van der Waals surface area contributed by atoms with Crippen LogP contribution in [0.3, 0.4) is 0 Å². The van der Waals surface area contributed by atoms with Crippen LogP contribution in [0.1, 0.15) is 18.7 Å². The minimum Gasteiger partial charge on any atom is -0.368 e. The van der Waals surface area contributed by atoms with Crippen LogP contribution in [0.25, 0.3) is 27.7 Å². The number of hydrogen-bond acceptors (Lipinski definition) is 9. The average Bonchev–Trinajstić information content (AvgIpc) is 3.35. The Labute approximate surface area is 221 Å². The van der Waals surface area contributed by atoms with Gasteiger partial charge in [0.25, 0.3) is 5.56 Å². The number of aromatic nitrogens is 4. The van der Waals surface area contributed by atoms with E-state index >= 15 is 0 Å². The van der Waals surface area contributed by atoms with Gasteiger partial charge in [-0.1, -0.05) is 41.9 Å². The van der Waals surface area contributed by atoms with Gasteiger partial charge in [0.1, 0.15) is 5.82 Å². The maximum Gasteiger partial charge on any atom is 0.264 e. The van der Waals surface area contributed by atoms with Gasteiger partial charge in [0, 0.05) is 29.2 Å². The third kappa shape index (κ3) is 4.80. The number of anilines is 2. The highest BCUT2D eigenvalue weighted by Gasteiger charge is 2.21. The molecule has 0 fully saturated rings. The quantitative estimate of drug-likeness (QED) is 0.309. The molecule has 0 amide bonds. The van der Waals surface area contributed by atoms with Crippen molar-refractivity contribution in [3.05, 3.63) is 87.2 Å². The molecule has 0 bridgehead atoms. The van der Waals surface area contributed by atoms with Crippen LogP contribution in [-0.4, -0.2) is 34.2 Å². The van der Waals surface area contributed by atoms with Crippen molar-refractivity contribution in [3.8, 4) is 16.9 Å². The Hall–Kier alpha value is -3.80. The van der Waals surface area contributed by atoms with Crippen LogP contribution < -0.4 is 16.6 Å². The Morgan fingerprint density at radius 2 is 1.86 bits per heavy atom. The van der Waals surface area contributed by atoms with Crippen LogP contribution in [0.4, 0.5) is 11.8 Å². The lowest BCUT2D eigenvalue weighted by atomic mass is 10.1. The van der Waals surface area contributed by atoms with E-state index in [1.165, 1.54) is 6.20 Å². The number of benzene rings is 2. The molecule has 0 aliphatic heterocycles. The number of hydrogen-bond donors (Lipinski definition) is 2. The molecular formula is C25H21ClN6O3S2. The lowest BCUT2D eigenvalue weighted by Crippen LogP contribution is -2.26. The van der Waals surface area contributed by atoms with Gasteiger partial charge in [0.2, 0.25) is 20.1 Å². The first-order valence-electron chi connectivity index (χ1n) is 11.1. The Morgan fingerprint density at radius 1 is 1.11 bits per heavy atom. The minimum absolute atomic E-state index is 0.0114. The molecule has 0 saturated carbocycles. The van der Waals surface area contributed by atoms with E-state index in [9.17, 15) is 13.2 Å². The summed E-state index contributed by atoms with van der Waals surface area (Å²) in [6.45, 7) is 1.88. The van der Waals surface area contributed by atoms with Crippen molar-refractivity contribution in [1.29, 1.82) is 0 Å². The largest absolute Gasteiger partial charge is 0.368 e. The van der Waals surface area contributed by atoms with Crippen LogP contribution in [-0.2, 0) is 9.84 Å². The van der Waals surface area contributed by atoms with Crippen molar-refractivity contribution in [2.24, 2.45) is 0 Å². The average molecular weight is 553 g/mol. The van der Waals surface area contributed by atoms with E-state index < -0.39 is 15.9 Å². The van der Waals surface area contributed by atoms with E-state index in [0.717, 1.165) is 17.6 Å². The number of pyridine rings is 1. The second-order valence-corrected chi connectivity index (χ2v) is 11.8. The summed E-state index contributed by atoms with van der Waals surface area (Å²) in [4.78, 5) is 26.4. The Morgan fingerprint density at radius 3 is 2.57 bits per heavy atom. The zero-order valence-corrected chi connectivity index (χ0v) is 22.1. The number of nitrogens with zero attached hydrogens (tertiary/aromatic N) is 4. The highest BCUT2D eigenvalue weighted by atomic mass is 35.5. The fourth-order valence-electron chi connectivity index (χ4n) is 4.02. The fourth-order valence-corrected chi connectivity index (χ4v) is 5.94. The van der Waals surface area contributed by atoms with Crippen LogP contribution in [0.15, 0.2) is 75.3 Å². The molecule has 12 heteroatoms. The molecule has 0 spiro atoms. The topological polar surface area (TPSA) is 133 Å². The standard InChI is InChI=1S/C25H21ClN6O3S2/c1-14(29-22-17(12-28-24(27)31-22)19-13-36-25(30-19)37(2,34)35)20-11-15-7-6-10-18(26)21(15)23(33)32(20)16-8-4-3-5-9-16/h3-14H,1-2H3,(H3,27,28,29,31). The summed E-state index contributed by atoms with van der Waals surface area (Å²) >= 11 is 7.43. The Bertz CT molecular complexity index is 1800. The number of para-hydroxylation sites is 1. The molecule has 37 heavy (non-hydrogen) atoms. The molecule has 9 nitrogen and oxygen atoms in total. The molecule has 2 aromatic carbocycles. The fraction of sp³-hybridized carbons (Fsp3) is 0.120. The van der Waals surface area contributed by atoms with Crippen molar-refractivity contribution < 1.29 is 8.42 Å². The number of nitrogens with one attached hydrogen (secondary N) is 1. The third-order valence-corrected chi connectivity index (χ3v) is 8.59. The first-order chi connectivity index (χ1) is 17.6. The zero-order valence-electron chi connectivity index (χ0n) is 19.7. The Balaban J connectivity index is 1.65. The number of nitrogens with two attached hydrogens (primary N) is 1. The molecule has 3 N–H and O–H groups in total. The molecule has 0 aliphatic carbocycles. The van der Waals surface area contributed by atoms with E-state index in [2.05, 4.69) is 20.3 Å². The summed E-state index contributed by atoms with van der Waals surface area (Å²) in [5.41, 5.74) is 7.84. The molecule has 1 unspecified atom stereocenters. The van der Waals surface area contributed by atoms with Crippen molar-refractivity contribution in [2.45, 2.75) is 17.3 Å². The van der Waals surface area contributed by atoms with Crippen LogP contribution >= 0.6 is 22.9 Å². The van der Waals surface area contributed by atoms with Gasteiger partial charge in [0.15, 0.2) is 0 Å². The maximum absolute atomic E-state index is 13.7. The summed E-state index contributed by atoms with van der Waals surface area (Å²) in [6, 6.07) is 16.0. The summed E-state index contributed by atoms with van der Waals surface area (Å²) < 4.78 is 25.5. The van der Waals surface area contributed by atoms with Gasteiger partial charge in [0.05, 0.1) is 27.7 Å². The summed E-state index contributed by atoms with van der Waals surface area (Å²) in [5.74, 6) is 0.381. The highest BCUT2D eigenvalue weighted by Crippen LogP contribution is 2.32. The van der Waals surface area contributed by atoms with Gasteiger partial charge < -0.3 is 11.1 Å². The molecular weight excluding hydrogens is 532 g/mol. The molecule has 0 radical (unpaired) electrons. The second kappa shape index (κ2) is 9.58. The number of rotatable bonds is 6. The van der Waals surface area contributed by atoms with Crippen LogP contribution in [0.2, 0.25) is 5.02 Å². The van der Waals surface area contributed by atoms with Crippen LogP contribution in [0, 0.1) is 0 Å². The molecule has 0 saturated heterocycles. The van der Waals surface area contributed by atoms with Crippen molar-refractivity contribution >= 4 is 55.3 Å².